The van der Waals surface area contributed by atoms with Gasteiger partial charge in [0.1, 0.15) is 5.75 Å². The Morgan fingerprint density at radius 2 is 2.29 bits per heavy atom. The van der Waals surface area contributed by atoms with Crippen molar-refractivity contribution in [2.24, 2.45) is 0 Å². The minimum absolute atomic E-state index is 0.762. The maximum absolute atomic E-state index is 5.13. The number of hydrogen-bond donors (Lipinski definition) is 0. The van der Waals surface area contributed by atoms with E-state index >= 15 is 0 Å². The average molecular weight is 318 g/mol. The van der Waals surface area contributed by atoms with E-state index in [1.807, 2.05) is 24.3 Å². The molecule has 72 valence electrons. The number of rotatable bonds is 2. The van der Waals surface area contributed by atoms with Crippen LogP contribution in [0.4, 0.5) is 0 Å². The third-order valence-corrected chi connectivity index (χ3v) is 3.07. The normalized spacial score (nSPS) is 10.1. The summed E-state index contributed by atoms with van der Waals surface area (Å²) in [5, 5.41) is 0. The molecule has 0 N–H and O–H groups in total. The minimum Gasteiger partial charge on any atom is -0.497 e. The molecule has 0 aliphatic rings. The van der Waals surface area contributed by atoms with E-state index in [-0.39, 0.29) is 0 Å². The van der Waals surface area contributed by atoms with Crippen LogP contribution < -0.4 is 4.74 Å². The molecule has 1 heterocycles. The first-order valence-electron chi connectivity index (χ1n) is 3.93. The summed E-state index contributed by atoms with van der Waals surface area (Å²) in [6.45, 7) is 0. The van der Waals surface area contributed by atoms with Gasteiger partial charge in [0.25, 0.3) is 0 Å². The van der Waals surface area contributed by atoms with Crippen LogP contribution in [-0.4, -0.2) is 16.5 Å². The summed E-state index contributed by atoms with van der Waals surface area (Å²) < 4.78 is 10.3. The summed E-state index contributed by atoms with van der Waals surface area (Å²) in [4.78, 5) is 4.29. The van der Waals surface area contributed by atoms with Crippen molar-refractivity contribution in [1.82, 2.24) is 9.36 Å². The first-order valence-corrected chi connectivity index (χ1v) is 5.78. The van der Waals surface area contributed by atoms with Gasteiger partial charge in [-0.25, -0.2) is 4.98 Å². The Morgan fingerprint density at radius 3 is 2.93 bits per heavy atom. The summed E-state index contributed by atoms with van der Waals surface area (Å²) in [5.41, 5.74) is 0.989. The summed E-state index contributed by atoms with van der Waals surface area (Å²) in [6.07, 6.45) is 0. The van der Waals surface area contributed by atoms with E-state index in [9.17, 15) is 0 Å². The predicted octanol–water partition coefficient (Wildman–Crippen LogP) is 2.82. The Balaban J connectivity index is 2.41. The van der Waals surface area contributed by atoms with Crippen molar-refractivity contribution in [2.45, 2.75) is 0 Å². The van der Waals surface area contributed by atoms with Gasteiger partial charge in [-0.3, -0.25) is 0 Å². The van der Waals surface area contributed by atoms with Gasteiger partial charge < -0.3 is 4.74 Å². The largest absolute Gasteiger partial charge is 0.497 e. The number of benzene rings is 1. The zero-order chi connectivity index (χ0) is 9.97. The van der Waals surface area contributed by atoms with Crippen LogP contribution >= 0.6 is 34.1 Å². The van der Waals surface area contributed by atoms with Gasteiger partial charge in [-0.15, -0.1) is 0 Å². The van der Waals surface area contributed by atoms with Crippen LogP contribution in [-0.2, 0) is 0 Å². The van der Waals surface area contributed by atoms with Crippen molar-refractivity contribution in [2.75, 3.05) is 7.11 Å². The zero-order valence-corrected chi connectivity index (χ0v) is 10.4. The number of aromatic nitrogens is 2. The van der Waals surface area contributed by atoms with Gasteiger partial charge in [0.15, 0.2) is 8.84 Å². The highest BCUT2D eigenvalue weighted by molar-refractivity contribution is 14.1. The maximum Gasteiger partial charge on any atom is 0.174 e. The smallest absolute Gasteiger partial charge is 0.174 e. The SMILES string of the molecule is COc1cccc(-c2nsc(I)n2)c1. The van der Waals surface area contributed by atoms with E-state index in [0.29, 0.717) is 0 Å². The van der Waals surface area contributed by atoms with E-state index in [1.54, 1.807) is 7.11 Å². The summed E-state index contributed by atoms with van der Waals surface area (Å²) >= 11 is 3.56. The molecule has 0 amide bonds. The highest BCUT2D eigenvalue weighted by Crippen LogP contribution is 2.22. The van der Waals surface area contributed by atoms with Crippen molar-refractivity contribution in [1.29, 1.82) is 0 Å². The molecule has 0 aliphatic heterocycles. The average Bonchev–Trinajstić information content (AvgIpc) is 2.65. The molecule has 5 heteroatoms. The molecule has 1 aromatic heterocycles. The number of methoxy groups -OCH3 is 1. The Kier molecular flexibility index (Phi) is 2.97. The highest BCUT2D eigenvalue weighted by Gasteiger charge is 2.04. The second kappa shape index (κ2) is 4.22. The first-order chi connectivity index (χ1) is 6.79. The Morgan fingerprint density at radius 1 is 1.43 bits per heavy atom. The second-order valence-corrected chi connectivity index (χ2v) is 5.11. The molecular weight excluding hydrogens is 311 g/mol. The molecule has 0 bridgehead atoms. The molecule has 0 atom stereocenters. The lowest BCUT2D eigenvalue weighted by Gasteiger charge is -2.00. The molecule has 2 rings (SSSR count). The van der Waals surface area contributed by atoms with Crippen molar-refractivity contribution in [3.8, 4) is 17.1 Å². The van der Waals surface area contributed by atoms with Gasteiger partial charge in [0, 0.05) is 5.56 Å². The van der Waals surface area contributed by atoms with Crippen LogP contribution in [0.25, 0.3) is 11.4 Å². The monoisotopic (exact) mass is 318 g/mol. The molecule has 14 heavy (non-hydrogen) atoms. The number of ether oxygens (including phenoxy) is 1. The molecule has 0 aliphatic carbocycles. The van der Waals surface area contributed by atoms with E-state index < -0.39 is 0 Å². The molecular formula is C9H7IN2OS. The molecule has 0 fully saturated rings. The van der Waals surface area contributed by atoms with Crippen LogP contribution in [0.5, 0.6) is 5.75 Å². The predicted molar refractivity (Wildman–Crippen MR) is 64.6 cm³/mol. The molecule has 2 aromatic rings. The lowest BCUT2D eigenvalue weighted by molar-refractivity contribution is 0.415. The van der Waals surface area contributed by atoms with Crippen LogP contribution in [0.15, 0.2) is 24.3 Å². The summed E-state index contributed by atoms with van der Waals surface area (Å²) in [5.74, 6) is 1.59. The molecule has 3 nitrogen and oxygen atoms in total. The van der Waals surface area contributed by atoms with Gasteiger partial charge >= 0.3 is 0 Å². The van der Waals surface area contributed by atoms with Gasteiger partial charge in [-0.1, -0.05) is 12.1 Å². The van der Waals surface area contributed by atoms with Crippen LogP contribution in [0.3, 0.4) is 0 Å². The zero-order valence-electron chi connectivity index (χ0n) is 7.40. The third kappa shape index (κ3) is 2.03. The fourth-order valence-electron chi connectivity index (χ4n) is 1.08. The second-order valence-electron chi connectivity index (χ2n) is 2.60. The van der Waals surface area contributed by atoms with Crippen molar-refractivity contribution < 1.29 is 4.74 Å². The number of hydrogen-bond acceptors (Lipinski definition) is 4. The van der Waals surface area contributed by atoms with E-state index in [4.69, 9.17) is 4.74 Å². The third-order valence-electron chi connectivity index (χ3n) is 1.73. The van der Waals surface area contributed by atoms with Crippen LogP contribution in [0.2, 0.25) is 0 Å². The molecule has 0 saturated carbocycles. The first kappa shape index (κ1) is 9.85. The summed E-state index contributed by atoms with van der Waals surface area (Å²) in [6, 6.07) is 7.74. The van der Waals surface area contributed by atoms with Crippen molar-refractivity contribution in [3.63, 3.8) is 0 Å². The fraction of sp³-hybridized carbons (Fsp3) is 0.111. The van der Waals surface area contributed by atoms with Crippen LogP contribution in [0, 0.1) is 3.01 Å². The van der Waals surface area contributed by atoms with Gasteiger partial charge in [0.05, 0.1) is 7.11 Å². The van der Waals surface area contributed by atoms with E-state index in [1.165, 1.54) is 11.5 Å². The van der Waals surface area contributed by atoms with E-state index in [0.717, 1.165) is 20.2 Å². The minimum atomic E-state index is 0.762. The fourth-order valence-corrected chi connectivity index (χ4v) is 2.04. The molecule has 0 radical (unpaired) electrons. The molecule has 0 unspecified atom stereocenters. The maximum atomic E-state index is 5.13. The molecule has 0 saturated heterocycles. The lowest BCUT2D eigenvalue weighted by atomic mass is 10.2. The van der Waals surface area contributed by atoms with Gasteiger partial charge in [0.2, 0.25) is 0 Å². The number of halogens is 1. The van der Waals surface area contributed by atoms with Gasteiger partial charge in [-0.05, 0) is 46.3 Å². The van der Waals surface area contributed by atoms with Crippen LogP contribution in [0.1, 0.15) is 0 Å². The highest BCUT2D eigenvalue weighted by atomic mass is 127. The Bertz CT molecular complexity index is 444. The van der Waals surface area contributed by atoms with Crippen molar-refractivity contribution >= 4 is 34.1 Å². The Labute approximate surface area is 99.4 Å². The van der Waals surface area contributed by atoms with Crippen molar-refractivity contribution in [3.05, 3.63) is 27.3 Å². The standard InChI is InChI=1S/C9H7IN2OS/c1-13-7-4-2-3-6(5-7)8-11-9(10)14-12-8/h2-5H,1H3. The topological polar surface area (TPSA) is 35.0 Å². The number of nitrogens with zero attached hydrogens (tertiary/aromatic N) is 2. The lowest BCUT2D eigenvalue weighted by Crippen LogP contribution is -1.84. The molecule has 1 aromatic carbocycles. The van der Waals surface area contributed by atoms with Gasteiger partial charge in [-0.2, -0.15) is 4.37 Å². The Hall–Kier alpha value is -0.690. The quantitative estimate of drug-likeness (QED) is 0.799. The summed E-state index contributed by atoms with van der Waals surface area (Å²) in [7, 11) is 1.65. The molecule has 0 spiro atoms. The van der Waals surface area contributed by atoms with E-state index in [2.05, 4.69) is 31.9 Å².